The molecule has 0 unspecified atom stereocenters. The van der Waals surface area contributed by atoms with Crippen LogP contribution in [0.15, 0.2) is 55.1 Å². The summed E-state index contributed by atoms with van der Waals surface area (Å²) in [5, 5.41) is 1.94. The van der Waals surface area contributed by atoms with Crippen LogP contribution in [0.1, 0.15) is 30.5 Å². The maximum absolute atomic E-state index is 13.6. The van der Waals surface area contributed by atoms with Crippen LogP contribution >= 0.6 is 22.7 Å². The van der Waals surface area contributed by atoms with Gasteiger partial charge in [-0.1, -0.05) is 17.4 Å². The molecule has 2 aliphatic rings. The van der Waals surface area contributed by atoms with E-state index in [1.807, 2.05) is 29.6 Å². The molecule has 0 aliphatic carbocycles. The van der Waals surface area contributed by atoms with Gasteiger partial charge in [0.05, 0.1) is 22.4 Å². The van der Waals surface area contributed by atoms with E-state index < -0.39 is 12.0 Å². The number of rotatable bonds is 5. The van der Waals surface area contributed by atoms with Crippen LogP contribution in [-0.2, 0) is 9.53 Å². The Hall–Kier alpha value is -2.95. The first-order chi connectivity index (χ1) is 16.5. The predicted molar refractivity (Wildman–Crippen MR) is 133 cm³/mol. The van der Waals surface area contributed by atoms with Crippen LogP contribution in [0.3, 0.4) is 0 Å². The van der Waals surface area contributed by atoms with Crippen molar-refractivity contribution in [2.24, 2.45) is 4.99 Å². The molecule has 2 aliphatic heterocycles. The number of hydrogen-bond acceptors (Lipinski definition) is 9. The minimum Gasteiger partial charge on any atom is -0.463 e. The van der Waals surface area contributed by atoms with Crippen LogP contribution in [-0.4, -0.2) is 55.3 Å². The zero-order valence-electron chi connectivity index (χ0n) is 19.3. The molecule has 0 radical (unpaired) electrons. The summed E-state index contributed by atoms with van der Waals surface area (Å²) in [7, 11) is 2.11. The molecule has 0 amide bonds. The van der Waals surface area contributed by atoms with Crippen molar-refractivity contribution in [3.63, 3.8) is 0 Å². The van der Waals surface area contributed by atoms with Gasteiger partial charge in [-0.2, -0.15) is 0 Å². The lowest BCUT2D eigenvalue weighted by Crippen LogP contribution is -2.44. The van der Waals surface area contributed by atoms with Gasteiger partial charge in [0.25, 0.3) is 5.56 Å². The first-order valence-corrected chi connectivity index (χ1v) is 12.9. The van der Waals surface area contributed by atoms with Gasteiger partial charge in [0.1, 0.15) is 11.8 Å². The van der Waals surface area contributed by atoms with E-state index in [1.54, 1.807) is 24.5 Å². The van der Waals surface area contributed by atoms with E-state index in [-0.39, 0.29) is 12.2 Å². The van der Waals surface area contributed by atoms with Gasteiger partial charge in [-0.3, -0.25) is 9.36 Å². The van der Waals surface area contributed by atoms with Crippen molar-refractivity contribution >= 4 is 40.6 Å². The summed E-state index contributed by atoms with van der Waals surface area (Å²) in [6.45, 7) is 7.59. The molecule has 8 nitrogen and oxygen atoms in total. The van der Waals surface area contributed by atoms with Crippen LogP contribution in [0.4, 0.5) is 5.88 Å². The monoisotopic (exact) mass is 498 g/mol. The Morgan fingerprint density at radius 1 is 1.26 bits per heavy atom. The summed E-state index contributed by atoms with van der Waals surface area (Å²) in [5.41, 5.74) is 0.771. The Balaban J connectivity index is 1.55. The van der Waals surface area contributed by atoms with Crippen molar-refractivity contribution < 1.29 is 13.9 Å². The summed E-state index contributed by atoms with van der Waals surface area (Å²) in [5.74, 6) is 0.983. The van der Waals surface area contributed by atoms with Gasteiger partial charge in [-0.05, 0) is 38.4 Å². The van der Waals surface area contributed by atoms with Crippen LogP contribution in [0, 0.1) is 0 Å². The Morgan fingerprint density at radius 2 is 2.06 bits per heavy atom. The molecule has 178 valence electrons. The number of allylic oxidation sites excluding steroid dienone is 1. The second kappa shape index (κ2) is 9.36. The number of ether oxygens (including phenoxy) is 1. The predicted octanol–water partition coefficient (Wildman–Crippen LogP) is 2.20. The highest BCUT2D eigenvalue weighted by Crippen LogP contribution is 2.33. The number of thiazole rings is 1. The molecule has 1 fully saturated rings. The number of carbonyl (C=O) groups excluding carboxylic acids is 1. The third-order valence-electron chi connectivity index (χ3n) is 6.03. The average Bonchev–Trinajstić information content (AvgIpc) is 3.56. The van der Waals surface area contributed by atoms with Crippen molar-refractivity contribution in [1.82, 2.24) is 9.47 Å². The van der Waals surface area contributed by atoms with Crippen molar-refractivity contribution in [3.8, 4) is 0 Å². The summed E-state index contributed by atoms with van der Waals surface area (Å²) in [6.07, 6.45) is 1.76. The smallest absolute Gasteiger partial charge is 0.338 e. The third-order valence-corrected chi connectivity index (χ3v) is 7.94. The minimum absolute atomic E-state index is 0.200. The van der Waals surface area contributed by atoms with E-state index in [4.69, 9.17) is 9.15 Å². The van der Waals surface area contributed by atoms with Crippen molar-refractivity contribution in [2.45, 2.75) is 19.9 Å². The maximum atomic E-state index is 13.6. The van der Waals surface area contributed by atoms with E-state index in [2.05, 4.69) is 21.8 Å². The fourth-order valence-corrected chi connectivity index (χ4v) is 6.10. The second-order valence-corrected chi connectivity index (χ2v) is 10.3. The van der Waals surface area contributed by atoms with Gasteiger partial charge in [0.2, 0.25) is 0 Å². The number of thiophene rings is 1. The molecule has 10 heteroatoms. The molecule has 0 aromatic carbocycles. The Morgan fingerprint density at radius 3 is 2.76 bits per heavy atom. The van der Waals surface area contributed by atoms with Gasteiger partial charge < -0.3 is 19.0 Å². The van der Waals surface area contributed by atoms with Gasteiger partial charge >= 0.3 is 5.97 Å². The normalized spacial score (nSPS) is 19.3. The van der Waals surface area contributed by atoms with Gasteiger partial charge in [-0.25, -0.2) is 9.79 Å². The van der Waals surface area contributed by atoms with E-state index in [0.717, 1.165) is 36.9 Å². The van der Waals surface area contributed by atoms with Gasteiger partial charge in [-0.15, -0.1) is 11.3 Å². The van der Waals surface area contributed by atoms with Gasteiger partial charge in [0.15, 0.2) is 10.7 Å². The van der Waals surface area contributed by atoms with Gasteiger partial charge in [0, 0.05) is 43.2 Å². The Bertz CT molecular complexity index is 1410. The van der Waals surface area contributed by atoms with Crippen LogP contribution in [0.2, 0.25) is 0 Å². The molecule has 1 saturated heterocycles. The number of fused-ring (bicyclic) bond motifs is 1. The molecule has 0 saturated carbocycles. The summed E-state index contributed by atoms with van der Waals surface area (Å²) in [6, 6.07) is 7.12. The average molecular weight is 499 g/mol. The summed E-state index contributed by atoms with van der Waals surface area (Å²) < 4.78 is 13.5. The highest BCUT2D eigenvalue weighted by atomic mass is 32.1. The molecule has 0 spiro atoms. The molecular formula is C24H26N4O4S2. The number of hydrogen-bond donors (Lipinski definition) is 0. The molecule has 5 heterocycles. The second-order valence-electron chi connectivity index (χ2n) is 8.28. The molecule has 0 bridgehead atoms. The summed E-state index contributed by atoms with van der Waals surface area (Å²) >= 11 is 2.80. The number of esters is 1. The molecule has 3 aromatic rings. The van der Waals surface area contributed by atoms with Crippen molar-refractivity contribution in [1.29, 1.82) is 0 Å². The summed E-state index contributed by atoms with van der Waals surface area (Å²) in [4.78, 5) is 36.9. The minimum atomic E-state index is -0.560. The lowest BCUT2D eigenvalue weighted by Gasteiger charge is -2.32. The highest BCUT2D eigenvalue weighted by molar-refractivity contribution is 7.10. The fourth-order valence-electron chi connectivity index (χ4n) is 4.25. The lowest BCUT2D eigenvalue weighted by molar-refractivity contribution is -0.139. The maximum Gasteiger partial charge on any atom is 0.338 e. The Kier molecular flexibility index (Phi) is 6.28. The largest absolute Gasteiger partial charge is 0.463 e. The molecule has 5 rings (SSSR count). The number of aromatic nitrogens is 1. The van der Waals surface area contributed by atoms with Crippen molar-refractivity contribution in [2.75, 3.05) is 44.7 Å². The molecular weight excluding hydrogens is 472 g/mol. The van der Waals surface area contributed by atoms with Crippen molar-refractivity contribution in [3.05, 3.63) is 71.2 Å². The first-order valence-electron chi connectivity index (χ1n) is 11.2. The number of carbonyl (C=O) groups is 1. The third kappa shape index (κ3) is 4.17. The molecule has 1 atom stereocenters. The van der Waals surface area contributed by atoms with Crippen LogP contribution in [0.5, 0.6) is 0 Å². The standard InChI is InChI=1S/C24H26N4O4S2/c1-4-31-23(30)20-15(2)25-24-28(21(20)17-6-5-13-33-17)22(29)18(34-24)14-16-7-8-19(32-16)27-11-9-26(3)10-12-27/h5-8,13-14,21H,4,9-12H2,1-3H3/b18-14+/t21-/m1/s1. The van der Waals surface area contributed by atoms with E-state index in [9.17, 15) is 9.59 Å². The van der Waals surface area contributed by atoms with Crippen LogP contribution in [0.25, 0.3) is 6.08 Å². The lowest BCUT2D eigenvalue weighted by atomic mass is 10.0. The SMILES string of the molecule is CCOC(=O)C1=C(C)N=c2s/c(=C/c3ccc(N4CCN(C)CC4)o3)c(=O)n2[C@@H]1c1cccs1. The zero-order chi connectivity index (χ0) is 23.8. The highest BCUT2D eigenvalue weighted by Gasteiger charge is 2.33. The molecule has 0 N–H and O–H groups in total. The number of anilines is 1. The molecule has 34 heavy (non-hydrogen) atoms. The fraction of sp³-hybridized carbons (Fsp3) is 0.375. The van der Waals surface area contributed by atoms with Crippen LogP contribution < -0.4 is 19.8 Å². The number of furan rings is 1. The van der Waals surface area contributed by atoms with E-state index in [1.165, 1.54) is 22.7 Å². The van der Waals surface area contributed by atoms with E-state index >= 15 is 0 Å². The Labute approximate surface area is 204 Å². The topological polar surface area (TPSA) is 80.3 Å². The number of nitrogens with zero attached hydrogens (tertiary/aromatic N) is 4. The molecule has 3 aromatic heterocycles. The quantitative estimate of drug-likeness (QED) is 0.502. The first kappa shape index (κ1) is 22.8. The zero-order valence-corrected chi connectivity index (χ0v) is 20.9. The number of likely N-dealkylation sites (N-methyl/N-ethyl adjacent to an activating group) is 1. The van der Waals surface area contributed by atoms with E-state index in [0.29, 0.717) is 26.4 Å². The number of piperazine rings is 1.